The number of nitrogens with two attached hydrogens (primary N) is 1. The molecule has 2 aromatic rings. The smallest absolute Gasteiger partial charge is 0.123 e. The van der Waals surface area contributed by atoms with Gasteiger partial charge in [-0.1, -0.05) is 17.8 Å². The molecule has 0 aliphatic heterocycles. The van der Waals surface area contributed by atoms with Crippen molar-refractivity contribution in [3.05, 3.63) is 53.8 Å². The van der Waals surface area contributed by atoms with Gasteiger partial charge in [-0.25, -0.2) is 4.39 Å². The lowest BCUT2D eigenvalue weighted by atomic mass is 10.1. The third-order valence-electron chi connectivity index (χ3n) is 2.73. The van der Waals surface area contributed by atoms with E-state index in [4.69, 9.17) is 10.5 Å². The molecular weight excluding hydrogens is 261 g/mol. The Morgan fingerprint density at radius 1 is 1.21 bits per heavy atom. The van der Waals surface area contributed by atoms with Crippen LogP contribution in [0.15, 0.2) is 52.3 Å². The number of hydrogen-bond donors (Lipinski definition) is 1. The predicted octanol–water partition coefficient (Wildman–Crippen LogP) is 4.01. The first kappa shape index (κ1) is 13.9. The molecule has 0 bridgehead atoms. The van der Waals surface area contributed by atoms with E-state index in [-0.39, 0.29) is 11.9 Å². The zero-order valence-corrected chi connectivity index (χ0v) is 11.7. The molecular formula is C15H16FNOS. The summed E-state index contributed by atoms with van der Waals surface area (Å²) in [6, 6.07) is 12.3. The van der Waals surface area contributed by atoms with Gasteiger partial charge in [0.1, 0.15) is 11.6 Å². The maximum absolute atomic E-state index is 13.3. The highest BCUT2D eigenvalue weighted by Gasteiger charge is 2.10. The monoisotopic (exact) mass is 277 g/mol. The third-order valence-corrected chi connectivity index (χ3v) is 3.81. The van der Waals surface area contributed by atoms with E-state index in [2.05, 4.69) is 0 Å². The van der Waals surface area contributed by atoms with Gasteiger partial charge in [-0.2, -0.15) is 0 Å². The van der Waals surface area contributed by atoms with Crippen molar-refractivity contribution >= 4 is 11.8 Å². The number of hydrogen-bond acceptors (Lipinski definition) is 3. The van der Waals surface area contributed by atoms with E-state index in [0.717, 1.165) is 21.1 Å². The fourth-order valence-electron chi connectivity index (χ4n) is 1.76. The molecule has 19 heavy (non-hydrogen) atoms. The molecule has 0 radical (unpaired) electrons. The zero-order valence-electron chi connectivity index (χ0n) is 10.9. The molecule has 0 heterocycles. The summed E-state index contributed by atoms with van der Waals surface area (Å²) in [5.41, 5.74) is 6.70. The van der Waals surface area contributed by atoms with Gasteiger partial charge in [-0.15, -0.1) is 0 Å². The summed E-state index contributed by atoms with van der Waals surface area (Å²) in [6.07, 6.45) is 0. The molecule has 2 aromatic carbocycles. The average Bonchev–Trinajstić information content (AvgIpc) is 2.41. The van der Waals surface area contributed by atoms with Crippen LogP contribution in [0.3, 0.4) is 0 Å². The summed E-state index contributed by atoms with van der Waals surface area (Å²) >= 11 is 1.55. The molecule has 0 saturated heterocycles. The van der Waals surface area contributed by atoms with Crippen LogP contribution in [0.25, 0.3) is 0 Å². The molecule has 4 heteroatoms. The summed E-state index contributed by atoms with van der Waals surface area (Å²) in [4.78, 5) is 2.00. The van der Waals surface area contributed by atoms with Crippen LogP contribution in [0, 0.1) is 5.82 Å². The van der Waals surface area contributed by atoms with E-state index in [1.165, 1.54) is 12.1 Å². The van der Waals surface area contributed by atoms with Gasteiger partial charge in [-0.3, -0.25) is 0 Å². The molecule has 2 rings (SSSR count). The Bertz CT molecular complexity index is 572. The zero-order chi connectivity index (χ0) is 13.8. The number of halogens is 1. The second-order valence-corrected chi connectivity index (χ2v) is 5.37. The summed E-state index contributed by atoms with van der Waals surface area (Å²) < 4.78 is 18.5. The molecule has 0 spiro atoms. The predicted molar refractivity (Wildman–Crippen MR) is 76.1 cm³/mol. The average molecular weight is 277 g/mol. The van der Waals surface area contributed by atoms with Crippen LogP contribution in [0.1, 0.15) is 18.5 Å². The van der Waals surface area contributed by atoms with Crippen molar-refractivity contribution in [2.75, 3.05) is 7.11 Å². The highest BCUT2D eigenvalue weighted by atomic mass is 32.2. The lowest BCUT2D eigenvalue weighted by Crippen LogP contribution is -2.06. The fraction of sp³-hybridized carbons (Fsp3) is 0.200. The minimum Gasteiger partial charge on any atom is -0.497 e. The van der Waals surface area contributed by atoms with E-state index in [9.17, 15) is 4.39 Å². The maximum Gasteiger partial charge on any atom is 0.123 e. The number of ether oxygens (including phenoxy) is 1. The lowest BCUT2D eigenvalue weighted by molar-refractivity contribution is 0.413. The quantitative estimate of drug-likeness (QED) is 0.917. The van der Waals surface area contributed by atoms with Gasteiger partial charge in [0.25, 0.3) is 0 Å². The van der Waals surface area contributed by atoms with Gasteiger partial charge < -0.3 is 10.5 Å². The van der Waals surface area contributed by atoms with Crippen LogP contribution in [-0.2, 0) is 0 Å². The van der Waals surface area contributed by atoms with Crippen molar-refractivity contribution in [2.24, 2.45) is 5.73 Å². The second-order valence-electron chi connectivity index (χ2n) is 4.25. The normalized spacial score (nSPS) is 12.2. The summed E-state index contributed by atoms with van der Waals surface area (Å²) in [5, 5.41) is 0. The van der Waals surface area contributed by atoms with E-state index < -0.39 is 0 Å². The van der Waals surface area contributed by atoms with Crippen molar-refractivity contribution < 1.29 is 9.13 Å². The Labute approximate surface area is 116 Å². The van der Waals surface area contributed by atoms with Gasteiger partial charge in [-0.05, 0) is 48.9 Å². The van der Waals surface area contributed by atoms with Gasteiger partial charge in [0.15, 0.2) is 0 Å². The van der Waals surface area contributed by atoms with E-state index in [0.29, 0.717) is 0 Å². The lowest BCUT2D eigenvalue weighted by Gasteiger charge is -2.12. The number of rotatable bonds is 4. The molecule has 2 nitrogen and oxygen atoms in total. The van der Waals surface area contributed by atoms with Crippen molar-refractivity contribution in [1.82, 2.24) is 0 Å². The Morgan fingerprint density at radius 3 is 2.68 bits per heavy atom. The summed E-state index contributed by atoms with van der Waals surface area (Å²) in [7, 11) is 1.63. The van der Waals surface area contributed by atoms with Crippen LogP contribution >= 0.6 is 11.8 Å². The van der Waals surface area contributed by atoms with Gasteiger partial charge in [0, 0.05) is 15.8 Å². The van der Waals surface area contributed by atoms with Crippen LogP contribution in [0.2, 0.25) is 0 Å². The summed E-state index contributed by atoms with van der Waals surface area (Å²) in [6.45, 7) is 1.85. The Kier molecular flexibility index (Phi) is 4.45. The fourth-order valence-corrected chi connectivity index (χ4v) is 2.83. The molecule has 0 aromatic heterocycles. The molecule has 2 N–H and O–H groups in total. The second kappa shape index (κ2) is 6.08. The highest BCUT2D eigenvalue weighted by Crippen LogP contribution is 2.34. The molecule has 0 aliphatic rings. The van der Waals surface area contributed by atoms with Gasteiger partial charge >= 0.3 is 0 Å². The molecule has 100 valence electrons. The number of methoxy groups -OCH3 is 1. The third kappa shape index (κ3) is 3.49. The SMILES string of the molecule is COc1cccc(Sc2ccc(F)cc2[C@H](C)N)c1. The van der Waals surface area contributed by atoms with Gasteiger partial charge in [0.2, 0.25) is 0 Å². The van der Waals surface area contributed by atoms with Crippen molar-refractivity contribution in [2.45, 2.75) is 22.8 Å². The number of benzene rings is 2. The van der Waals surface area contributed by atoms with Crippen LogP contribution < -0.4 is 10.5 Å². The van der Waals surface area contributed by atoms with Crippen LogP contribution in [-0.4, -0.2) is 7.11 Å². The Hall–Kier alpha value is -1.52. The topological polar surface area (TPSA) is 35.2 Å². The summed E-state index contributed by atoms with van der Waals surface area (Å²) in [5.74, 6) is 0.539. The molecule has 0 fully saturated rings. The van der Waals surface area contributed by atoms with Gasteiger partial charge in [0.05, 0.1) is 7.11 Å². The largest absolute Gasteiger partial charge is 0.497 e. The highest BCUT2D eigenvalue weighted by molar-refractivity contribution is 7.99. The van der Waals surface area contributed by atoms with Crippen molar-refractivity contribution in [3.63, 3.8) is 0 Å². The van der Waals surface area contributed by atoms with E-state index in [1.807, 2.05) is 31.2 Å². The molecule has 0 aliphatic carbocycles. The molecule has 0 amide bonds. The Balaban J connectivity index is 2.32. The molecule has 0 saturated carbocycles. The van der Waals surface area contributed by atoms with Crippen LogP contribution in [0.4, 0.5) is 4.39 Å². The maximum atomic E-state index is 13.3. The molecule has 1 atom stereocenters. The van der Waals surface area contributed by atoms with Crippen molar-refractivity contribution in [1.29, 1.82) is 0 Å². The van der Waals surface area contributed by atoms with Crippen molar-refractivity contribution in [3.8, 4) is 5.75 Å². The molecule has 0 unspecified atom stereocenters. The first-order chi connectivity index (χ1) is 9.10. The minimum absolute atomic E-state index is 0.205. The first-order valence-electron chi connectivity index (χ1n) is 5.97. The Morgan fingerprint density at radius 2 is 2.00 bits per heavy atom. The van der Waals surface area contributed by atoms with E-state index >= 15 is 0 Å². The first-order valence-corrected chi connectivity index (χ1v) is 6.78. The minimum atomic E-state index is -0.262. The van der Waals surface area contributed by atoms with Crippen LogP contribution in [0.5, 0.6) is 5.75 Å². The van der Waals surface area contributed by atoms with E-state index in [1.54, 1.807) is 24.9 Å². The standard InChI is InChI=1S/C15H16FNOS/c1-10(17)14-8-11(16)6-7-15(14)19-13-5-3-4-12(9-13)18-2/h3-10H,17H2,1-2H3/t10-/m0/s1.